The van der Waals surface area contributed by atoms with Gasteiger partial charge in [0.15, 0.2) is 15.6 Å². The molecule has 0 aliphatic carbocycles. The highest BCUT2D eigenvalue weighted by Crippen LogP contribution is 2.28. The third-order valence-electron chi connectivity index (χ3n) is 4.55. The average molecular weight is 477 g/mol. The van der Waals surface area contributed by atoms with Crippen LogP contribution in [0.25, 0.3) is 11.6 Å². The summed E-state index contributed by atoms with van der Waals surface area (Å²) in [4.78, 5) is 12.7. The molecule has 6 nitrogen and oxygen atoms in total. The Hall–Kier alpha value is -2.06. The van der Waals surface area contributed by atoms with Crippen LogP contribution in [-0.2, 0) is 24.2 Å². The number of aromatic nitrogens is 3. The summed E-state index contributed by atoms with van der Waals surface area (Å²) < 4.78 is 8.28. The fourth-order valence-electron chi connectivity index (χ4n) is 3.15. The standard InChI is InChI=1S/C21H25BrN4O2S/c1-4-12-26-20(16-10-11-17(22)28-16)24-25-21(26)29-13-18(27)23-19-14(5-2)8-7-9-15(19)6-3/h7-11H,4-6,12-13H2,1-3H3,(H,23,27). The number of para-hydroxylation sites is 1. The third kappa shape index (κ3) is 5.11. The van der Waals surface area contributed by atoms with Crippen molar-refractivity contribution < 1.29 is 9.21 Å². The van der Waals surface area contributed by atoms with Crippen molar-refractivity contribution in [1.29, 1.82) is 0 Å². The molecular weight excluding hydrogens is 452 g/mol. The van der Waals surface area contributed by atoms with E-state index in [4.69, 9.17) is 4.42 Å². The van der Waals surface area contributed by atoms with Crippen LogP contribution < -0.4 is 5.32 Å². The van der Waals surface area contributed by atoms with E-state index in [1.807, 2.05) is 22.8 Å². The number of nitrogens with zero attached hydrogens (tertiary/aromatic N) is 3. The van der Waals surface area contributed by atoms with Crippen LogP contribution in [0.1, 0.15) is 38.3 Å². The van der Waals surface area contributed by atoms with Gasteiger partial charge in [0.05, 0.1) is 5.75 Å². The predicted molar refractivity (Wildman–Crippen MR) is 120 cm³/mol. The second-order valence-electron chi connectivity index (χ2n) is 6.56. The Kier molecular flexibility index (Phi) is 7.55. The zero-order chi connectivity index (χ0) is 20.8. The third-order valence-corrected chi connectivity index (χ3v) is 5.95. The zero-order valence-corrected chi connectivity index (χ0v) is 19.3. The van der Waals surface area contributed by atoms with E-state index in [1.54, 1.807) is 0 Å². The zero-order valence-electron chi connectivity index (χ0n) is 16.9. The Morgan fingerprint density at radius 2 is 1.86 bits per heavy atom. The maximum Gasteiger partial charge on any atom is 0.234 e. The summed E-state index contributed by atoms with van der Waals surface area (Å²) in [7, 11) is 0. The molecule has 0 aliphatic heterocycles. The maximum atomic E-state index is 12.7. The number of thioether (sulfide) groups is 1. The number of amides is 1. The topological polar surface area (TPSA) is 73.0 Å². The van der Waals surface area contributed by atoms with E-state index in [0.717, 1.165) is 42.6 Å². The molecule has 0 spiro atoms. The molecule has 0 unspecified atom stereocenters. The molecule has 1 N–H and O–H groups in total. The molecular formula is C21H25BrN4O2S. The van der Waals surface area contributed by atoms with E-state index < -0.39 is 0 Å². The lowest BCUT2D eigenvalue weighted by atomic mass is 10.0. The predicted octanol–water partition coefficient (Wildman–Crippen LogP) is 5.57. The van der Waals surface area contributed by atoms with Crippen molar-refractivity contribution >= 4 is 39.3 Å². The quantitative estimate of drug-likeness (QED) is 0.408. The van der Waals surface area contributed by atoms with Crippen LogP contribution >= 0.6 is 27.7 Å². The Morgan fingerprint density at radius 1 is 1.14 bits per heavy atom. The fourth-order valence-corrected chi connectivity index (χ4v) is 4.22. The molecule has 0 radical (unpaired) electrons. The molecule has 0 bridgehead atoms. The summed E-state index contributed by atoms with van der Waals surface area (Å²) in [6.07, 6.45) is 2.68. The molecule has 3 rings (SSSR count). The molecule has 154 valence electrons. The van der Waals surface area contributed by atoms with E-state index in [0.29, 0.717) is 21.4 Å². The first-order valence-electron chi connectivity index (χ1n) is 9.79. The van der Waals surface area contributed by atoms with Crippen molar-refractivity contribution in [2.45, 2.75) is 51.7 Å². The highest BCUT2D eigenvalue weighted by atomic mass is 79.9. The highest BCUT2D eigenvalue weighted by Gasteiger charge is 2.18. The van der Waals surface area contributed by atoms with Crippen LogP contribution in [0.3, 0.4) is 0 Å². The van der Waals surface area contributed by atoms with Crippen molar-refractivity contribution in [2.75, 3.05) is 11.1 Å². The summed E-state index contributed by atoms with van der Waals surface area (Å²) >= 11 is 4.71. The first-order valence-corrected chi connectivity index (χ1v) is 11.6. The first kappa shape index (κ1) is 21.6. The molecule has 8 heteroatoms. The van der Waals surface area contributed by atoms with Crippen molar-refractivity contribution in [3.05, 3.63) is 46.1 Å². The molecule has 0 atom stereocenters. The molecule has 1 amide bonds. The summed E-state index contributed by atoms with van der Waals surface area (Å²) in [6, 6.07) is 9.86. The molecule has 1 aromatic carbocycles. The number of aryl methyl sites for hydroxylation is 2. The van der Waals surface area contributed by atoms with Gasteiger partial charge in [-0.2, -0.15) is 0 Å². The monoisotopic (exact) mass is 476 g/mol. The minimum absolute atomic E-state index is 0.0426. The van der Waals surface area contributed by atoms with Gasteiger partial charge in [0.2, 0.25) is 11.7 Å². The van der Waals surface area contributed by atoms with Gasteiger partial charge in [0.25, 0.3) is 0 Å². The van der Waals surface area contributed by atoms with Crippen LogP contribution in [-0.4, -0.2) is 26.4 Å². The summed E-state index contributed by atoms with van der Waals surface area (Å²) in [5.74, 6) is 1.55. The number of furan rings is 1. The number of carbonyl (C=O) groups is 1. The number of benzene rings is 1. The fraction of sp³-hybridized carbons (Fsp3) is 0.381. The lowest BCUT2D eigenvalue weighted by molar-refractivity contribution is -0.113. The van der Waals surface area contributed by atoms with E-state index in [1.165, 1.54) is 11.8 Å². The molecule has 0 saturated carbocycles. The first-order chi connectivity index (χ1) is 14.1. The average Bonchev–Trinajstić information content (AvgIpc) is 3.32. The minimum atomic E-state index is -0.0426. The maximum absolute atomic E-state index is 12.7. The van der Waals surface area contributed by atoms with Gasteiger partial charge >= 0.3 is 0 Å². The Morgan fingerprint density at radius 3 is 2.45 bits per heavy atom. The van der Waals surface area contributed by atoms with Gasteiger partial charge in [-0.1, -0.05) is 50.7 Å². The van der Waals surface area contributed by atoms with Crippen molar-refractivity contribution in [1.82, 2.24) is 14.8 Å². The normalized spacial score (nSPS) is 11.0. The van der Waals surface area contributed by atoms with Crippen LogP contribution in [0.5, 0.6) is 0 Å². The Labute approximate surface area is 183 Å². The van der Waals surface area contributed by atoms with Gasteiger partial charge in [-0.15, -0.1) is 10.2 Å². The van der Waals surface area contributed by atoms with Crippen LogP contribution in [0, 0.1) is 0 Å². The second-order valence-corrected chi connectivity index (χ2v) is 8.28. The molecule has 3 aromatic rings. The van der Waals surface area contributed by atoms with E-state index >= 15 is 0 Å². The lowest BCUT2D eigenvalue weighted by Crippen LogP contribution is -2.17. The van der Waals surface area contributed by atoms with Crippen molar-refractivity contribution in [2.24, 2.45) is 0 Å². The summed E-state index contributed by atoms with van der Waals surface area (Å²) in [5, 5.41) is 12.4. The van der Waals surface area contributed by atoms with E-state index in [2.05, 4.69) is 64.3 Å². The molecule has 0 aliphatic rings. The number of halogens is 1. The van der Waals surface area contributed by atoms with Gasteiger partial charge in [-0.05, 0) is 58.5 Å². The smallest absolute Gasteiger partial charge is 0.234 e. The second kappa shape index (κ2) is 10.1. The number of carbonyl (C=O) groups excluding carboxylic acids is 1. The molecule has 29 heavy (non-hydrogen) atoms. The van der Waals surface area contributed by atoms with Crippen molar-refractivity contribution in [3.63, 3.8) is 0 Å². The Bertz CT molecular complexity index is 961. The number of anilines is 1. The molecule has 2 aromatic heterocycles. The SMILES string of the molecule is CCCn1c(SCC(=O)Nc2c(CC)cccc2CC)nnc1-c1ccc(Br)o1. The van der Waals surface area contributed by atoms with Crippen LogP contribution in [0.2, 0.25) is 0 Å². The number of hydrogen-bond donors (Lipinski definition) is 1. The van der Waals surface area contributed by atoms with Gasteiger partial charge in [-0.25, -0.2) is 0 Å². The largest absolute Gasteiger partial charge is 0.446 e. The number of rotatable bonds is 9. The van der Waals surface area contributed by atoms with Crippen molar-refractivity contribution in [3.8, 4) is 11.6 Å². The van der Waals surface area contributed by atoms with Gasteiger partial charge in [-0.3, -0.25) is 9.36 Å². The van der Waals surface area contributed by atoms with Gasteiger partial charge in [0, 0.05) is 12.2 Å². The van der Waals surface area contributed by atoms with Crippen LogP contribution in [0.4, 0.5) is 5.69 Å². The highest BCUT2D eigenvalue weighted by molar-refractivity contribution is 9.10. The summed E-state index contributed by atoms with van der Waals surface area (Å²) in [6.45, 7) is 7.04. The molecule has 0 saturated heterocycles. The number of nitrogens with one attached hydrogen (secondary N) is 1. The molecule has 0 fully saturated rings. The van der Waals surface area contributed by atoms with E-state index in [-0.39, 0.29) is 11.7 Å². The minimum Gasteiger partial charge on any atom is -0.446 e. The lowest BCUT2D eigenvalue weighted by Gasteiger charge is -2.14. The van der Waals surface area contributed by atoms with E-state index in [9.17, 15) is 4.79 Å². The molecule has 2 heterocycles. The number of hydrogen-bond acceptors (Lipinski definition) is 5. The van der Waals surface area contributed by atoms with Gasteiger partial charge < -0.3 is 9.73 Å². The van der Waals surface area contributed by atoms with Crippen LogP contribution in [0.15, 0.2) is 44.6 Å². The Balaban J connectivity index is 1.73. The van der Waals surface area contributed by atoms with Gasteiger partial charge in [0.1, 0.15) is 0 Å². The summed E-state index contributed by atoms with van der Waals surface area (Å²) in [5.41, 5.74) is 3.25.